The van der Waals surface area contributed by atoms with E-state index in [2.05, 4.69) is 25.8 Å². The molecule has 0 unspecified atom stereocenters. The van der Waals surface area contributed by atoms with Crippen molar-refractivity contribution in [2.75, 3.05) is 5.32 Å². The molecule has 21 heavy (non-hydrogen) atoms. The number of amides is 1. The summed E-state index contributed by atoms with van der Waals surface area (Å²) in [5.74, 6) is 0.664. The van der Waals surface area contributed by atoms with Crippen molar-refractivity contribution in [2.45, 2.75) is 12.8 Å². The molecule has 108 valence electrons. The van der Waals surface area contributed by atoms with Crippen molar-refractivity contribution in [3.63, 3.8) is 0 Å². The fourth-order valence-electron chi connectivity index (χ4n) is 1.94. The van der Waals surface area contributed by atoms with Gasteiger partial charge in [-0.2, -0.15) is 5.10 Å². The Balaban J connectivity index is 0.00000161. The summed E-state index contributed by atoms with van der Waals surface area (Å²) in [5.41, 5.74) is 5.33. The Kier molecular flexibility index (Phi) is 4.84. The molecule has 1 aromatic carbocycles. The van der Waals surface area contributed by atoms with Gasteiger partial charge in [0.1, 0.15) is 5.82 Å². The highest BCUT2D eigenvalue weighted by atomic mass is 35.5. The van der Waals surface area contributed by atoms with E-state index in [1.54, 1.807) is 18.6 Å². The number of carbonyl (C=O) groups excluding carboxylic acids is 1. The zero-order valence-electron chi connectivity index (χ0n) is 11.1. The van der Waals surface area contributed by atoms with Gasteiger partial charge in [-0.15, -0.1) is 12.4 Å². The first kappa shape index (κ1) is 14.9. The molecule has 2 aromatic rings. The molecule has 7 heteroatoms. The lowest BCUT2D eigenvalue weighted by Crippen LogP contribution is -2.25. The molecule has 0 fully saturated rings. The smallest absolute Gasteiger partial charge is 0.240 e. The second-order valence-electron chi connectivity index (χ2n) is 4.39. The average molecular weight is 304 g/mol. The molecular formula is C14H14ClN5O. The van der Waals surface area contributed by atoms with E-state index < -0.39 is 0 Å². The number of nitrogens with zero attached hydrogens (tertiary/aromatic N) is 3. The minimum atomic E-state index is -0.0327. The highest BCUT2D eigenvalue weighted by Gasteiger charge is 2.12. The van der Waals surface area contributed by atoms with Crippen LogP contribution in [0.3, 0.4) is 0 Å². The lowest BCUT2D eigenvalue weighted by molar-refractivity contribution is -0.121. The molecule has 2 heterocycles. The van der Waals surface area contributed by atoms with E-state index >= 15 is 0 Å². The third-order valence-electron chi connectivity index (χ3n) is 2.96. The molecule has 1 aliphatic heterocycles. The van der Waals surface area contributed by atoms with Crippen molar-refractivity contribution in [2.24, 2.45) is 5.10 Å². The molecule has 6 nitrogen and oxygen atoms in total. The maximum atomic E-state index is 11.1. The van der Waals surface area contributed by atoms with Gasteiger partial charge in [-0.05, 0) is 17.7 Å². The molecule has 2 N–H and O–H groups in total. The van der Waals surface area contributed by atoms with Crippen LogP contribution in [0, 0.1) is 0 Å². The molecule has 0 saturated carbocycles. The van der Waals surface area contributed by atoms with Crippen LogP contribution >= 0.6 is 12.4 Å². The van der Waals surface area contributed by atoms with Crippen molar-refractivity contribution in [1.29, 1.82) is 0 Å². The van der Waals surface area contributed by atoms with Gasteiger partial charge in [-0.1, -0.05) is 12.1 Å². The number of carbonyl (C=O) groups is 1. The molecule has 1 aliphatic rings. The lowest BCUT2D eigenvalue weighted by atomic mass is 10.0. The van der Waals surface area contributed by atoms with Crippen LogP contribution in [0.25, 0.3) is 0 Å². The summed E-state index contributed by atoms with van der Waals surface area (Å²) in [7, 11) is 0. The summed E-state index contributed by atoms with van der Waals surface area (Å²) in [5, 5.41) is 7.23. The summed E-state index contributed by atoms with van der Waals surface area (Å²) >= 11 is 0. The van der Waals surface area contributed by atoms with E-state index in [0.29, 0.717) is 18.7 Å². The number of nitrogens with one attached hydrogen (secondary N) is 2. The van der Waals surface area contributed by atoms with E-state index in [-0.39, 0.29) is 18.3 Å². The van der Waals surface area contributed by atoms with Crippen LogP contribution in [0.4, 0.5) is 11.5 Å². The predicted molar refractivity (Wildman–Crippen MR) is 82.9 cm³/mol. The molecule has 0 saturated heterocycles. The van der Waals surface area contributed by atoms with Crippen LogP contribution in [-0.2, 0) is 4.79 Å². The molecule has 0 atom stereocenters. The molecule has 3 rings (SSSR count). The van der Waals surface area contributed by atoms with Gasteiger partial charge >= 0.3 is 0 Å². The van der Waals surface area contributed by atoms with Gasteiger partial charge in [0, 0.05) is 30.9 Å². The number of anilines is 2. The molecule has 0 bridgehead atoms. The SMILES string of the molecule is Cl.O=C1CCC(c2ccc(Nc3cnccn3)cc2)=NN1. The Labute approximate surface area is 128 Å². The number of hydrogen-bond acceptors (Lipinski definition) is 5. The van der Waals surface area contributed by atoms with Gasteiger partial charge < -0.3 is 5.32 Å². The first-order chi connectivity index (χ1) is 9.81. The van der Waals surface area contributed by atoms with Crippen molar-refractivity contribution < 1.29 is 4.79 Å². The predicted octanol–water partition coefficient (Wildman–Crippen LogP) is 2.26. The number of halogens is 1. The molecule has 0 aliphatic carbocycles. The second-order valence-corrected chi connectivity index (χ2v) is 4.39. The first-order valence-corrected chi connectivity index (χ1v) is 6.30. The quantitative estimate of drug-likeness (QED) is 0.911. The summed E-state index contributed by atoms with van der Waals surface area (Å²) in [6.45, 7) is 0. The maximum absolute atomic E-state index is 11.1. The highest BCUT2D eigenvalue weighted by molar-refractivity contribution is 6.04. The zero-order chi connectivity index (χ0) is 13.8. The topological polar surface area (TPSA) is 79.3 Å². The summed E-state index contributed by atoms with van der Waals surface area (Å²) in [6.07, 6.45) is 6.08. The van der Waals surface area contributed by atoms with E-state index in [1.807, 2.05) is 24.3 Å². The van der Waals surface area contributed by atoms with E-state index in [0.717, 1.165) is 17.0 Å². The van der Waals surface area contributed by atoms with Gasteiger partial charge in [-0.25, -0.2) is 10.4 Å². The summed E-state index contributed by atoms with van der Waals surface area (Å²) in [4.78, 5) is 19.2. The summed E-state index contributed by atoms with van der Waals surface area (Å²) < 4.78 is 0. The second kappa shape index (κ2) is 6.81. The zero-order valence-corrected chi connectivity index (χ0v) is 11.9. The van der Waals surface area contributed by atoms with Gasteiger partial charge in [0.25, 0.3) is 0 Å². The lowest BCUT2D eigenvalue weighted by Gasteiger charge is -2.12. The van der Waals surface area contributed by atoms with E-state index in [9.17, 15) is 4.79 Å². The maximum Gasteiger partial charge on any atom is 0.240 e. The Morgan fingerprint density at radius 3 is 2.52 bits per heavy atom. The molecule has 1 aromatic heterocycles. The standard InChI is InChI=1S/C14H13N5O.ClH/c20-14-6-5-12(18-19-14)10-1-3-11(4-2-10)17-13-9-15-7-8-16-13;/h1-4,7-9H,5-6H2,(H,16,17)(H,19,20);1H. The Morgan fingerprint density at radius 1 is 1.10 bits per heavy atom. The van der Waals surface area contributed by atoms with Gasteiger partial charge in [0.05, 0.1) is 11.9 Å². The van der Waals surface area contributed by atoms with Gasteiger partial charge in [0.2, 0.25) is 5.91 Å². The van der Waals surface area contributed by atoms with Gasteiger partial charge in [0.15, 0.2) is 0 Å². The molecule has 1 amide bonds. The number of rotatable bonds is 3. The monoisotopic (exact) mass is 303 g/mol. The van der Waals surface area contributed by atoms with E-state index in [4.69, 9.17) is 0 Å². The number of hydrogen-bond donors (Lipinski definition) is 2. The van der Waals surface area contributed by atoms with Crippen molar-refractivity contribution >= 4 is 35.5 Å². The number of hydrazone groups is 1. The van der Waals surface area contributed by atoms with E-state index in [1.165, 1.54) is 0 Å². The van der Waals surface area contributed by atoms with Crippen molar-refractivity contribution in [1.82, 2.24) is 15.4 Å². The van der Waals surface area contributed by atoms with Crippen molar-refractivity contribution in [3.8, 4) is 0 Å². The third-order valence-corrected chi connectivity index (χ3v) is 2.96. The van der Waals surface area contributed by atoms with Crippen molar-refractivity contribution in [3.05, 3.63) is 48.4 Å². The number of aromatic nitrogens is 2. The fourth-order valence-corrected chi connectivity index (χ4v) is 1.94. The fraction of sp³-hybridized carbons (Fsp3) is 0.143. The minimum absolute atomic E-state index is 0. The Morgan fingerprint density at radius 2 is 1.90 bits per heavy atom. The van der Waals surface area contributed by atoms with Crippen LogP contribution in [0.1, 0.15) is 18.4 Å². The van der Waals surface area contributed by atoms with Gasteiger partial charge in [-0.3, -0.25) is 9.78 Å². The first-order valence-electron chi connectivity index (χ1n) is 6.30. The minimum Gasteiger partial charge on any atom is -0.339 e. The van der Waals surface area contributed by atoms with Crippen LogP contribution in [-0.4, -0.2) is 21.6 Å². The van der Waals surface area contributed by atoms with Crippen LogP contribution in [0.15, 0.2) is 48.0 Å². The average Bonchev–Trinajstić information content (AvgIpc) is 2.50. The molecule has 0 radical (unpaired) electrons. The third kappa shape index (κ3) is 3.76. The Hall–Kier alpha value is -2.47. The highest BCUT2D eigenvalue weighted by Crippen LogP contribution is 2.16. The molecular weight excluding hydrogens is 290 g/mol. The largest absolute Gasteiger partial charge is 0.339 e. The van der Waals surface area contributed by atoms with Crippen LogP contribution in [0.2, 0.25) is 0 Å². The number of benzene rings is 1. The Bertz CT molecular complexity index is 642. The van der Waals surface area contributed by atoms with Crippen LogP contribution in [0.5, 0.6) is 0 Å². The molecule has 0 spiro atoms. The normalized spacial score (nSPS) is 13.7. The van der Waals surface area contributed by atoms with Crippen LogP contribution < -0.4 is 10.7 Å². The summed E-state index contributed by atoms with van der Waals surface area (Å²) in [6, 6.07) is 7.83.